The molecule has 5 heterocycles. The highest BCUT2D eigenvalue weighted by Crippen LogP contribution is 2.35. The van der Waals surface area contributed by atoms with Gasteiger partial charge >= 0.3 is 0 Å². The Labute approximate surface area is 138 Å². The fourth-order valence-electron chi connectivity index (χ4n) is 3.70. The van der Waals surface area contributed by atoms with Crippen LogP contribution < -0.4 is 9.64 Å². The molecule has 3 aromatic rings. The maximum absolute atomic E-state index is 5.68. The van der Waals surface area contributed by atoms with Gasteiger partial charge in [0.15, 0.2) is 0 Å². The summed E-state index contributed by atoms with van der Waals surface area (Å²) in [5.74, 6) is 1.55. The molecule has 0 saturated carbocycles. The Bertz CT molecular complexity index is 909. The minimum Gasteiger partial charge on any atom is -0.480 e. The van der Waals surface area contributed by atoms with Gasteiger partial charge in [-0.05, 0) is 24.6 Å². The summed E-state index contributed by atoms with van der Waals surface area (Å²) in [4.78, 5) is 11.2. The quantitative estimate of drug-likeness (QED) is 0.794. The van der Waals surface area contributed by atoms with E-state index in [1.165, 1.54) is 0 Å². The molecule has 0 aliphatic carbocycles. The van der Waals surface area contributed by atoms with E-state index in [4.69, 9.17) is 9.47 Å². The summed E-state index contributed by atoms with van der Waals surface area (Å²) in [5.41, 5.74) is 2.74. The van der Waals surface area contributed by atoms with E-state index in [0.717, 1.165) is 47.6 Å². The predicted molar refractivity (Wildman–Crippen MR) is 89.2 cm³/mol. The molecule has 2 saturated heterocycles. The first kappa shape index (κ1) is 13.7. The molecular formula is C17H17N5O2. The molecule has 3 aromatic heterocycles. The van der Waals surface area contributed by atoms with Crippen molar-refractivity contribution in [2.75, 3.05) is 25.2 Å². The highest BCUT2D eigenvalue weighted by molar-refractivity contribution is 5.96. The second-order valence-electron chi connectivity index (χ2n) is 6.21. The Morgan fingerprint density at radius 1 is 1.29 bits per heavy atom. The van der Waals surface area contributed by atoms with Gasteiger partial charge in [0.05, 0.1) is 36.8 Å². The molecule has 0 radical (unpaired) electrons. The highest BCUT2D eigenvalue weighted by Gasteiger charge is 2.39. The summed E-state index contributed by atoms with van der Waals surface area (Å²) in [6.45, 7) is 1.70. The number of fused-ring (bicyclic) bond motifs is 3. The maximum atomic E-state index is 5.68. The average molecular weight is 323 g/mol. The fourth-order valence-corrected chi connectivity index (χ4v) is 3.70. The fraction of sp³-hybridized carbons (Fsp3) is 0.353. The Hall–Kier alpha value is -2.67. The molecule has 5 rings (SSSR count). The van der Waals surface area contributed by atoms with E-state index < -0.39 is 0 Å². The monoisotopic (exact) mass is 323 g/mol. The van der Waals surface area contributed by atoms with Gasteiger partial charge in [0.1, 0.15) is 11.5 Å². The number of aromatic amines is 1. The van der Waals surface area contributed by atoms with Gasteiger partial charge in [-0.2, -0.15) is 5.10 Å². The van der Waals surface area contributed by atoms with Crippen molar-refractivity contribution < 1.29 is 9.47 Å². The number of rotatable bonds is 3. The van der Waals surface area contributed by atoms with E-state index in [2.05, 4.69) is 31.1 Å². The highest BCUT2D eigenvalue weighted by atomic mass is 16.5. The Morgan fingerprint density at radius 2 is 2.21 bits per heavy atom. The molecule has 0 amide bonds. The van der Waals surface area contributed by atoms with Crippen LogP contribution in [-0.2, 0) is 4.74 Å². The number of aromatic nitrogens is 4. The molecule has 2 aliphatic heterocycles. The van der Waals surface area contributed by atoms with E-state index >= 15 is 0 Å². The molecule has 7 heteroatoms. The number of H-pyrrole nitrogens is 1. The first-order valence-corrected chi connectivity index (χ1v) is 8.05. The number of hydrogen-bond acceptors (Lipinski definition) is 6. The minimum absolute atomic E-state index is 0.343. The number of nitrogens with one attached hydrogen (secondary N) is 1. The van der Waals surface area contributed by atoms with Crippen molar-refractivity contribution in [1.29, 1.82) is 0 Å². The molecule has 24 heavy (non-hydrogen) atoms. The molecule has 1 N–H and O–H groups in total. The zero-order valence-electron chi connectivity index (χ0n) is 13.3. The van der Waals surface area contributed by atoms with Gasteiger partial charge in [0, 0.05) is 24.5 Å². The van der Waals surface area contributed by atoms with E-state index in [0.29, 0.717) is 18.0 Å². The average Bonchev–Trinajstić information content (AvgIpc) is 3.36. The summed E-state index contributed by atoms with van der Waals surface area (Å²) in [7, 11) is 1.62. The SMILES string of the molecule is COc1nccc2[nH]nc(-c3ccnc(N4CC5CC4CO5)c3)c12. The second-order valence-corrected chi connectivity index (χ2v) is 6.21. The van der Waals surface area contributed by atoms with Crippen LogP contribution in [0.3, 0.4) is 0 Å². The second kappa shape index (κ2) is 5.17. The number of morpholine rings is 1. The number of anilines is 1. The van der Waals surface area contributed by atoms with Crippen LogP contribution in [0.15, 0.2) is 30.6 Å². The Morgan fingerprint density at radius 3 is 3.00 bits per heavy atom. The zero-order chi connectivity index (χ0) is 16.1. The molecule has 2 atom stereocenters. The van der Waals surface area contributed by atoms with Crippen molar-refractivity contribution in [3.63, 3.8) is 0 Å². The minimum atomic E-state index is 0.343. The molecular weight excluding hydrogens is 306 g/mol. The number of ether oxygens (including phenoxy) is 2. The predicted octanol–water partition coefficient (Wildman–Crippen LogP) is 2.01. The van der Waals surface area contributed by atoms with Crippen LogP contribution in [-0.4, -0.2) is 52.6 Å². The number of pyridine rings is 2. The molecule has 2 fully saturated rings. The summed E-state index contributed by atoms with van der Waals surface area (Å²) in [6.07, 6.45) is 4.98. The molecule has 0 spiro atoms. The first-order valence-electron chi connectivity index (χ1n) is 8.05. The number of methoxy groups -OCH3 is 1. The van der Waals surface area contributed by atoms with E-state index in [1.54, 1.807) is 13.3 Å². The van der Waals surface area contributed by atoms with Crippen molar-refractivity contribution >= 4 is 16.7 Å². The lowest BCUT2D eigenvalue weighted by molar-refractivity contribution is 0.0989. The van der Waals surface area contributed by atoms with Crippen LogP contribution in [0.4, 0.5) is 5.82 Å². The molecule has 122 valence electrons. The van der Waals surface area contributed by atoms with Crippen LogP contribution in [0, 0.1) is 0 Å². The van der Waals surface area contributed by atoms with E-state index in [1.807, 2.05) is 18.3 Å². The summed E-state index contributed by atoms with van der Waals surface area (Å²) >= 11 is 0. The van der Waals surface area contributed by atoms with Crippen LogP contribution >= 0.6 is 0 Å². The lowest BCUT2D eigenvalue weighted by Gasteiger charge is -2.28. The van der Waals surface area contributed by atoms with Crippen molar-refractivity contribution in [2.45, 2.75) is 18.6 Å². The van der Waals surface area contributed by atoms with Crippen molar-refractivity contribution in [3.05, 3.63) is 30.6 Å². The third-order valence-electron chi connectivity index (χ3n) is 4.85. The largest absolute Gasteiger partial charge is 0.480 e. The lowest BCUT2D eigenvalue weighted by Crippen LogP contribution is -2.37. The van der Waals surface area contributed by atoms with Gasteiger partial charge in [-0.1, -0.05) is 0 Å². The van der Waals surface area contributed by atoms with Crippen molar-refractivity contribution in [1.82, 2.24) is 20.2 Å². The third kappa shape index (κ3) is 1.98. The van der Waals surface area contributed by atoms with Gasteiger partial charge in [0.25, 0.3) is 0 Å². The van der Waals surface area contributed by atoms with Crippen LogP contribution in [0.25, 0.3) is 22.2 Å². The number of hydrogen-bond donors (Lipinski definition) is 1. The summed E-state index contributed by atoms with van der Waals surface area (Å²) in [6, 6.07) is 6.39. The normalized spacial score (nSPS) is 22.5. The summed E-state index contributed by atoms with van der Waals surface area (Å²) in [5, 5.41) is 8.42. The van der Waals surface area contributed by atoms with Gasteiger partial charge in [-0.25, -0.2) is 9.97 Å². The smallest absolute Gasteiger partial charge is 0.224 e. The van der Waals surface area contributed by atoms with Crippen LogP contribution in [0.2, 0.25) is 0 Å². The lowest BCUT2D eigenvalue weighted by atomic mass is 10.1. The molecule has 2 aliphatic rings. The first-order chi connectivity index (χ1) is 11.8. The topological polar surface area (TPSA) is 76.2 Å². The van der Waals surface area contributed by atoms with Gasteiger partial charge in [0.2, 0.25) is 5.88 Å². The van der Waals surface area contributed by atoms with Gasteiger partial charge in [-0.15, -0.1) is 0 Å². The van der Waals surface area contributed by atoms with Crippen LogP contribution in [0.1, 0.15) is 6.42 Å². The van der Waals surface area contributed by atoms with Crippen molar-refractivity contribution in [2.24, 2.45) is 0 Å². The summed E-state index contributed by atoms with van der Waals surface area (Å²) < 4.78 is 11.1. The standard InChI is InChI=1S/C17H17N5O2/c1-23-17-15-13(3-5-19-17)20-21-16(15)10-2-4-18-14(6-10)22-8-12-7-11(22)9-24-12/h2-6,11-12H,7-9H2,1H3,(H,20,21). The van der Waals surface area contributed by atoms with Gasteiger partial charge in [-0.3, -0.25) is 5.10 Å². The Balaban J connectivity index is 1.59. The molecule has 2 unspecified atom stereocenters. The molecule has 0 aromatic carbocycles. The molecule has 2 bridgehead atoms. The molecule has 7 nitrogen and oxygen atoms in total. The maximum Gasteiger partial charge on any atom is 0.224 e. The zero-order valence-corrected chi connectivity index (χ0v) is 13.3. The van der Waals surface area contributed by atoms with E-state index in [-0.39, 0.29) is 0 Å². The third-order valence-corrected chi connectivity index (χ3v) is 4.85. The van der Waals surface area contributed by atoms with Crippen molar-refractivity contribution in [3.8, 4) is 17.1 Å². The van der Waals surface area contributed by atoms with Gasteiger partial charge < -0.3 is 14.4 Å². The van der Waals surface area contributed by atoms with Crippen LogP contribution in [0.5, 0.6) is 5.88 Å². The Kier molecular flexibility index (Phi) is 2.96. The van der Waals surface area contributed by atoms with E-state index in [9.17, 15) is 0 Å². The number of nitrogens with zero attached hydrogens (tertiary/aromatic N) is 4.